The summed E-state index contributed by atoms with van der Waals surface area (Å²) in [5, 5.41) is 0. The highest BCUT2D eigenvalue weighted by Gasteiger charge is 2.15. The summed E-state index contributed by atoms with van der Waals surface area (Å²) in [7, 11) is 0. The van der Waals surface area contributed by atoms with Crippen LogP contribution in [0.2, 0.25) is 0 Å². The zero-order valence-electron chi connectivity index (χ0n) is 10.7. The predicted molar refractivity (Wildman–Crippen MR) is 62.1 cm³/mol. The maximum atomic E-state index is 5.58. The molecular weight excluding hydrogens is 174 g/mol. The SMILES string of the molecule is CCC(C)CC(CC)NOC(C)(C)C. The highest BCUT2D eigenvalue weighted by atomic mass is 16.7. The first-order chi connectivity index (χ1) is 6.39. The van der Waals surface area contributed by atoms with E-state index in [2.05, 4.69) is 47.0 Å². The van der Waals surface area contributed by atoms with Gasteiger partial charge < -0.3 is 0 Å². The molecule has 0 aliphatic heterocycles. The summed E-state index contributed by atoms with van der Waals surface area (Å²) in [5.41, 5.74) is 3.08. The second kappa shape index (κ2) is 6.41. The van der Waals surface area contributed by atoms with Crippen LogP contribution in [0.3, 0.4) is 0 Å². The molecular formula is C12H27NO. The van der Waals surface area contributed by atoms with Crippen LogP contribution in [0.4, 0.5) is 0 Å². The molecule has 0 saturated heterocycles. The van der Waals surface area contributed by atoms with Gasteiger partial charge in [0.25, 0.3) is 0 Å². The highest BCUT2D eigenvalue weighted by Crippen LogP contribution is 2.13. The average molecular weight is 201 g/mol. The molecule has 0 fully saturated rings. The number of rotatable bonds is 6. The zero-order valence-corrected chi connectivity index (χ0v) is 10.7. The van der Waals surface area contributed by atoms with Gasteiger partial charge in [-0.1, -0.05) is 27.2 Å². The van der Waals surface area contributed by atoms with Crippen molar-refractivity contribution in [2.75, 3.05) is 0 Å². The molecule has 0 radical (unpaired) electrons. The van der Waals surface area contributed by atoms with Crippen LogP contribution >= 0.6 is 0 Å². The molecule has 0 saturated carbocycles. The van der Waals surface area contributed by atoms with Gasteiger partial charge in [0, 0.05) is 6.04 Å². The third kappa shape index (κ3) is 7.34. The summed E-state index contributed by atoms with van der Waals surface area (Å²) in [4.78, 5) is 5.58. The number of hydrogen-bond donors (Lipinski definition) is 1. The average Bonchev–Trinajstić information content (AvgIpc) is 2.10. The van der Waals surface area contributed by atoms with E-state index in [4.69, 9.17) is 4.84 Å². The van der Waals surface area contributed by atoms with Gasteiger partial charge in [0.1, 0.15) is 0 Å². The molecule has 0 bridgehead atoms. The van der Waals surface area contributed by atoms with Crippen molar-refractivity contribution in [1.82, 2.24) is 5.48 Å². The molecule has 0 amide bonds. The predicted octanol–water partition coefficient (Wildman–Crippen LogP) is 3.52. The molecule has 2 atom stereocenters. The maximum Gasteiger partial charge on any atom is 0.0813 e. The van der Waals surface area contributed by atoms with Crippen molar-refractivity contribution in [3.05, 3.63) is 0 Å². The quantitative estimate of drug-likeness (QED) is 0.664. The lowest BCUT2D eigenvalue weighted by Gasteiger charge is -2.26. The minimum absolute atomic E-state index is 0.0944. The van der Waals surface area contributed by atoms with E-state index in [1.54, 1.807) is 0 Å². The molecule has 0 rings (SSSR count). The van der Waals surface area contributed by atoms with Gasteiger partial charge in [0.05, 0.1) is 5.60 Å². The van der Waals surface area contributed by atoms with E-state index < -0.39 is 0 Å². The van der Waals surface area contributed by atoms with Gasteiger partial charge in [-0.05, 0) is 39.5 Å². The molecule has 1 N–H and O–H groups in total. The van der Waals surface area contributed by atoms with Crippen molar-refractivity contribution < 1.29 is 4.84 Å². The maximum absolute atomic E-state index is 5.58. The summed E-state index contributed by atoms with van der Waals surface area (Å²) >= 11 is 0. The fourth-order valence-corrected chi connectivity index (χ4v) is 1.21. The van der Waals surface area contributed by atoms with Crippen LogP contribution in [0.1, 0.15) is 60.8 Å². The lowest BCUT2D eigenvalue weighted by Crippen LogP contribution is -2.37. The Hall–Kier alpha value is -0.0800. The molecule has 0 aromatic carbocycles. The second-order valence-electron chi connectivity index (χ2n) is 5.19. The van der Waals surface area contributed by atoms with Crippen LogP contribution in [0.5, 0.6) is 0 Å². The minimum atomic E-state index is -0.0944. The van der Waals surface area contributed by atoms with Crippen molar-refractivity contribution in [2.24, 2.45) is 5.92 Å². The third-order valence-electron chi connectivity index (χ3n) is 2.41. The van der Waals surface area contributed by atoms with E-state index in [-0.39, 0.29) is 5.60 Å². The summed E-state index contributed by atoms with van der Waals surface area (Å²) in [6, 6.07) is 0.490. The Kier molecular flexibility index (Phi) is 6.38. The molecule has 0 spiro atoms. The molecule has 0 aliphatic carbocycles. The van der Waals surface area contributed by atoms with E-state index in [0.29, 0.717) is 6.04 Å². The fourth-order valence-electron chi connectivity index (χ4n) is 1.21. The Morgan fingerprint density at radius 1 is 1.14 bits per heavy atom. The van der Waals surface area contributed by atoms with Crippen LogP contribution in [0.25, 0.3) is 0 Å². The number of nitrogens with one attached hydrogen (secondary N) is 1. The third-order valence-corrected chi connectivity index (χ3v) is 2.41. The molecule has 14 heavy (non-hydrogen) atoms. The smallest absolute Gasteiger partial charge is 0.0813 e. The molecule has 2 heteroatoms. The largest absolute Gasteiger partial charge is 0.296 e. The summed E-state index contributed by atoms with van der Waals surface area (Å²) in [6.07, 6.45) is 3.57. The topological polar surface area (TPSA) is 21.3 Å². The van der Waals surface area contributed by atoms with E-state index in [1.165, 1.54) is 12.8 Å². The Balaban J connectivity index is 3.80. The number of hydroxylamine groups is 1. The molecule has 2 nitrogen and oxygen atoms in total. The lowest BCUT2D eigenvalue weighted by atomic mass is 9.98. The Morgan fingerprint density at radius 2 is 1.71 bits per heavy atom. The van der Waals surface area contributed by atoms with Crippen LogP contribution in [0.15, 0.2) is 0 Å². The van der Waals surface area contributed by atoms with E-state index >= 15 is 0 Å². The highest BCUT2D eigenvalue weighted by molar-refractivity contribution is 4.66. The molecule has 0 aromatic rings. The Morgan fingerprint density at radius 3 is 2.07 bits per heavy atom. The molecule has 2 unspecified atom stereocenters. The first-order valence-electron chi connectivity index (χ1n) is 5.82. The molecule has 0 aliphatic rings. The second-order valence-corrected chi connectivity index (χ2v) is 5.19. The molecule has 0 heterocycles. The van der Waals surface area contributed by atoms with Gasteiger partial charge in [0.2, 0.25) is 0 Å². The van der Waals surface area contributed by atoms with E-state index in [0.717, 1.165) is 12.3 Å². The van der Waals surface area contributed by atoms with Crippen molar-refractivity contribution in [3.8, 4) is 0 Å². The first kappa shape index (κ1) is 13.9. The lowest BCUT2D eigenvalue weighted by molar-refractivity contribution is -0.0913. The van der Waals surface area contributed by atoms with Crippen molar-refractivity contribution >= 4 is 0 Å². The zero-order chi connectivity index (χ0) is 11.2. The summed E-state index contributed by atoms with van der Waals surface area (Å²) in [5.74, 6) is 0.774. The van der Waals surface area contributed by atoms with Gasteiger partial charge in [-0.2, -0.15) is 5.48 Å². The van der Waals surface area contributed by atoms with Gasteiger partial charge in [-0.25, -0.2) is 0 Å². The van der Waals surface area contributed by atoms with Gasteiger partial charge in [-0.3, -0.25) is 4.84 Å². The monoisotopic (exact) mass is 201 g/mol. The number of hydrogen-bond acceptors (Lipinski definition) is 2. The van der Waals surface area contributed by atoms with Crippen molar-refractivity contribution in [1.29, 1.82) is 0 Å². The summed E-state index contributed by atoms with van der Waals surface area (Å²) in [6.45, 7) is 12.9. The van der Waals surface area contributed by atoms with Gasteiger partial charge in [0.15, 0.2) is 0 Å². The first-order valence-corrected chi connectivity index (χ1v) is 5.82. The van der Waals surface area contributed by atoms with Crippen molar-refractivity contribution in [3.63, 3.8) is 0 Å². The van der Waals surface area contributed by atoms with Crippen LogP contribution in [-0.4, -0.2) is 11.6 Å². The normalized spacial score (nSPS) is 16.7. The minimum Gasteiger partial charge on any atom is -0.296 e. The van der Waals surface area contributed by atoms with Gasteiger partial charge >= 0.3 is 0 Å². The van der Waals surface area contributed by atoms with Crippen molar-refractivity contribution in [2.45, 2.75) is 72.4 Å². The standard InChI is InChI=1S/C12H27NO/c1-7-10(3)9-11(8-2)13-14-12(4,5)6/h10-11,13H,7-9H2,1-6H3. The van der Waals surface area contributed by atoms with Crippen LogP contribution in [0, 0.1) is 5.92 Å². The molecule has 86 valence electrons. The Bertz CT molecular complexity index is 140. The van der Waals surface area contributed by atoms with E-state index in [9.17, 15) is 0 Å². The van der Waals surface area contributed by atoms with E-state index in [1.807, 2.05) is 0 Å². The molecule has 0 aromatic heterocycles. The Labute approximate surface area is 89.4 Å². The van der Waals surface area contributed by atoms with Crippen LogP contribution in [-0.2, 0) is 4.84 Å². The summed E-state index contributed by atoms with van der Waals surface area (Å²) < 4.78 is 0. The van der Waals surface area contributed by atoms with Crippen LogP contribution < -0.4 is 5.48 Å². The fraction of sp³-hybridized carbons (Fsp3) is 1.00. The van der Waals surface area contributed by atoms with Gasteiger partial charge in [-0.15, -0.1) is 0 Å².